The summed E-state index contributed by atoms with van der Waals surface area (Å²) in [5.74, 6) is 1.49. The van der Waals surface area contributed by atoms with Crippen molar-refractivity contribution in [2.24, 2.45) is 0 Å². The predicted molar refractivity (Wildman–Crippen MR) is 89.1 cm³/mol. The van der Waals surface area contributed by atoms with Crippen molar-refractivity contribution in [2.75, 3.05) is 0 Å². The van der Waals surface area contributed by atoms with Gasteiger partial charge in [0.15, 0.2) is 5.76 Å². The van der Waals surface area contributed by atoms with E-state index in [1.165, 1.54) is 0 Å². The molecule has 0 N–H and O–H groups in total. The molecule has 0 saturated heterocycles. The van der Waals surface area contributed by atoms with Gasteiger partial charge in [0.05, 0.1) is 5.33 Å². The Bertz CT molecular complexity index is 846. The fourth-order valence-electron chi connectivity index (χ4n) is 2.42. The van der Waals surface area contributed by atoms with Crippen molar-refractivity contribution in [3.05, 3.63) is 53.4 Å². The van der Waals surface area contributed by atoms with Gasteiger partial charge in [0.25, 0.3) is 0 Å². The van der Waals surface area contributed by atoms with Crippen LogP contribution in [0.3, 0.4) is 0 Å². The molecule has 0 aliphatic carbocycles. The van der Waals surface area contributed by atoms with Gasteiger partial charge in [-0.3, -0.25) is 0 Å². The molecule has 0 spiro atoms. The van der Waals surface area contributed by atoms with Crippen molar-refractivity contribution >= 4 is 39.3 Å². The van der Waals surface area contributed by atoms with E-state index >= 15 is 0 Å². The fourth-order valence-corrected chi connectivity index (χ4v) is 3.89. The van der Waals surface area contributed by atoms with Gasteiger partial charge in [0.1, 0.15) is 5.69 Å². The number of oxazole rings is 1. The first kappa shape index (κ1) is 13.4. The minimum Gasteiger partial charge on any atom is -0.439 e. The van der Waals surface area contributed by atoms with Gasteiger partial charge in [-0.2, -0.15) is 0 Å². The Balaban J connectivity index is 2.08. The second-order valence-corrected chi connectivity index (χ2v) is 6.74. The van der Waals surface area contributed by atoms with Crippen LogP contribution in [0.4, 0.5) is 0 Å². The lowest BCUT2D eigenvalue weighted by Gasteiger charge is -2.05. The molecule has 1 aliphatic rings. The van der Waals surface area contributed by atoms with Crippen molar-refractivity contribution in [3.63, 3.8) is 0 Å². The summed E-state index contributed by atoms with van der Waals surface area (Å²) >= 11 is 11.3. The highest BCUT2D eigenvalue weighted by Gasteiger charge is 2.25. The van der Waals surface area contributed by atoms with Crippen LogP contribution in [-0.4, -0.2) is 4.98 Å². The topological polar surface area (TPSA) is 26.0 Å². The van der Waals surface area contributed by atoms with E-state index in [0.717, 1.165) is 32.4 Å². The van der Waals surface area contributed by atoms with Crippen molar-refractivity contribution in [1.29, 1.82) is 0 Å². The third-order valence-electron chi connectivity index (χ3n) is 3.33. The maximum atomic E-state index is 6.17. The molecule has 5 heteroatoms. The van der Waals surface area contributed by atoms with Gasteiger partial charge in [-0.05, 0) is 24.3 Å². The maximum absolute atomic E-state index is 6.17. The van der Waals surface area contributed by atoms with Gasteiger partial charge in [-0.25, -0.2) is 4.98 Å². The van der Waals surface area contributed by atoms with Crippen LogP contribution in [-0.2, 0) is 5.33 Å². The first-order valence-corrected chi connectivity index (χ1v) is 8.70. The van der Waals surface area contributed by atoms with Crippen LogP contribution in [0.2, 0.25) is 5.02 Å². The monoisotopic (exact) mass is 377 g/mol. The summed E-state index contributed by atoms with van der Waals surface area (Å²) in [7, 11) is 0. The molecular weight excluding hydrogens is 370 g/mol. The van der Waals surface area contributed by atoms with Crippen molar-refractivity contribution in [1.82, 2.24) is 4.98 Å². The molecule has 2 heterocycles. The lowest BCUT2D eigenvalue weighted by atomic mass is 10.1. The van der Waals surface area contributed by atoms with Gasteiger partial charge < -0.3 is 4.42 Å². The maximum Gasteiger partial charge on any atom is 0.206 e. The average Bonchev–Trinajstić information content (AvgIpc) is 2.89. The van der Waals surface area contributed by atoms with Crippen molar-refractivity contribution in [3.8, 4) is 22.6 Å². The molecule has 0 radical (unpaired) electrons. The van der Waals surface area contributed by atoms with Crippen LogP contribution in [0.25, 0.3) is 22.6 Å². The molecule has 0 fully saturated rings. The number of nitrogens with zero attached hydrogens (tertiary/aromatic N) is 1. The molecule has 0 amide bonds. The van der Waals surface area contributed by atoms with Crippen LogP contribution in [0.15, 0.2) is 56.7 Å². The van der Waals surface area contributed by atoms with Crippen LogP contribution < -0.4 is 0 Å². The molecule has 21 heavy (non-hydrogen) atoms. The van der Waals surface area contributed by atoms with E-state index in [1.807, 2.05) is 30.3 Å². The quantitative estimate of drug-likeness (QED) is 0.379. The van der Waals surface area contributed by atoms with E-state index in [2.05, 4.69) is 33.0 Å². The Kier molecular flexibility index (Phi) is 3.32. The number of fused-ring (bicyclic) bond motifs is 5. The van der Waals surface area contributed by atoms with E-state index in [9.17, 15) is 0 Å². The Labute approximate surface area is 139 Å². The fraction of sp³-hybridized carbons (Fsp3) is 0.0625. The van der Waals surface area contributed by atoms with Gasteiger partial charge in [0.2, 0.25) is 5.89 Å². The number of rotatable bonds is 1. The smallest absolute Gasteiger partial charge is 0.206 e. The van der Waals surface area contributed by atoms with Crippen LogP contribution in [0.1, 0.15) is 5.89 Å². The lowest BCUT2D eigenvalue weighted by Crippen LogP contribution is -1.83. The Hall–Kier alpha value is -1.23. The molecule has 4 rings (SSSR count). The van der Waals surface area contributed by atoms with Crippen molar-refractivity contribution < 1.29 is 4.42 Å². The van der Waals surface area contributed by atoms with E-state index in [-0.39, 0.29) is 0 Å². The molecule has 2 aromatic carbocycles. The average molecular weight is 379 g/mol. The second kappa shape index (κ2) is 5.20. The van der Waals surface area contributed by atoms with Crippen LogP contribution in [0.5, 0.6) is 0 Å². The normalized spacial score (nSPS) is 12.3. The highest BCUT2D eigenvalue weighted by atomic mass is 79.9. The number of hydrogen-bond donors (Lipinski definition) is 0. The third-order valence-corrected chi connectivity index (χ3v) is 5.20. The molecule has 0 atom stereocenters. The van der Waals surface area contributed by atoms with Gasteiger partial charge >= 0.3 is 0 Å². The summed E-state index contributed by atoms with van der Waals surface area (Å²) in [4.78, 5) is 6.93. The molecule has 1 aliphatic heterocycles. The summed E-state index contributed by atoms with van der Waals surface area (Å²) in [5, 5.41) is 1.29. The highest BCUT2D eigenvalue weighted by Crippen LogP contribution is 2.48. The van der Waals surface area contributed by atoms with E-state index in [0.29, 0.717) is 16.2 Å². The number of hydrogen-bond acceptors (Lipinski definition) is 3. The van der Waals surface area contributed by atoms with E-state index in [1.54, 1.807) is 11.8 Å². The molecule has 104 valence electrons. The minimum absolute atomic E-state index is 0.589. The standard InChI is InChI=1S/C16H9BrClNOS/c17-8-14-19-15-11-7-9(18)5-6-13(11)21-12-4-2-1-3-10(12)16(15)20-14/h1-7H,8H2. The van der Waals surface area contributed by atoms with E-state index in [4.69, 9.17) is 16.0 Å². The molecule has 3 aromatic rings. The summed E-state index contributed by atoms with van der Waals surface area (Å²) in [6.07, 6.45) is 0. The molecule has 0 unspecified atom stereocenters. The SMILES string of the molecule is Clc1ccc2c(c1)-c1nc(CBr)oc1-c1ccccc1S2. The molecular formula is C16H9BrClNOS. The Morgan fingerprint density at radius 3 is 2.76 bits per heavy atom. The van der Waals surface area contributed by atoms with E-state index < -0.39 is 0 Å². The first-order valence-electron chi connectivity index (χ1n) is 6.39. The zero-order valence-corrected chi connectivity index (χ0v) is 13.9. The second-order valence-electron chi connectivity index (χ2n) is 4.66. The third kappa shape index (κ3) is 2.22. The molecule has 1 aromatic heterocycles. The zero-order valence-electron chi connectivity index (χ0n) is 10.8. The van der Waals surface area contributed by atoms with Gasteiger partial charge in [0, 0.05) is 25.9 Å². The zero-order chi connectivity index (χ0) is 14.4. The largest absolute Gasteiger partial charge is 0.439 e. The molecule has 0 saturated carbocycles. The minimum atomic E-state index is 0.589. The molecule has 0 bridgehead atoms. The Morgan fingerprint density at radius 2 is 1.90 bits per heavy atom. The summed E-state index contributed by atoms with van der Waals surface area (Å²) in [5.41, 5.74) is 2.96. The number of benzene rings is 2. The number of aromatic nitrogens is 1. The highest BCUT2D eigenvalue weighted by molar-refractivity contribution is 9.08. The summed E-state index contributed by atoms with van der Waals surface area (Å²) < 4.78 is 5.94. The van der Waals surface area contributed by atoms with Crippen LogP contribution in [0, 0.1) is 0 Å². The van der Waals surface area contributed by atoms with Gasteiger partial charge in [-0.1, -0.05) is 57.5 Å². The number of halogens is 2. The van der Waals surface area contributed by atoms with Gasteiger partial charge in [-0.15, -0.1) is 0 Å². The first-order chi connectivity index (χ1) is 10.3. The lowest BCUT2D eigenvalue weighted by molar-refractivity contribution is 0.530. The summed E-state index contributed by atoms with van der Waals surface area (Å²) in [6.45, 7) is 0. The summed E-state index contributed by atoms with van der Waals surface area (Å²) in [6, 6.07) is 14.1. The van der Waals surface area contributed by atoms with Crippen molar-refractivity contribution in [2.45, 2.75) is 15.1 Å². The number of alkyl halides is 1. The predicted octanol–water partition coefficient (Wildman–Crippen LogP) is 6.02. The molecule has 2 nitrogen and oxygen atoms in total. The Morgan fingerprint density at radius 1 is 1.10 bits per heavy atom. The van der Waals surface area contributed by atoms with Crippen LogP contribution >= 0.6 is 39.3 Å².